The average Bonchev–Trinajstić information content (AvgIpc) is 2.45. The second kappa shape index (κ2) is 7.92. The van der Waals surface area contributed by atoms with Crippen LogP contribution in [0.4, 0.5) is 13.2 Å². The van der Waals surface area contributed by atoms with E-state index in [4.69, 9.17) is 11.6 Å². The Balaban J connectivity index is 2.79. The Kier molecular flexibility index (Phi) is 6.88. The molecule has 0 aliphatic heterocycles. The molecule has 0 heterocycles. The van der Waals surface area contributed by atoms with Gasteiger partial charge in [-0.15, -0.1) is 0 Å². The maximum atomic E-state index is 12.8. The van der Waals surface area contributed by atoms with E-state index < -0.39 is 37.2 Å². The van der Waals surface area contributed by atoms with E-state index in [-0.39, 0.29) is 18.9 Å². The van der Waals surface area contributed by atoms with Crippen molar-refractivity contribution in [3.05, 3.63) is 28.8 Å². The van der Waals surface area contributed by atoms with E-state index >= 15 is 0 Å². The van der Waals surface area contributed by atoms with Gasteiger partial charge in [-0.2, -0.15) is 13.2 Å². The molecule has 0 aliphatic rings. The second-order valence-electron chi connectivity index (χ2n) is 6.07. The zero-order valence-corrected chi connectivity index (χ0v) is 15.6. The number of nitrogens with one attached hydrogen (secondary N) is 2. The third-order valence-corrected chi connectivity index (χ3v) is 5.35. The first-order valence-electron chi connectivity index (χ1n) is 7.46. The highest BCUT2D eigenvalue weighted by atomic mass is 35.5. The molecule has 1 aromatic carbocycles. The number of hydrogen-bond donors (Lipinski definition) is 2. The number of sulfonamides is 1. The van der Waals surface area contributed by atoms with Crippen molar-refractivity contribution in [3.8, 4) is 0 Å². The van der Waals surface area contributed by atoms with Gasteiger partial charge in [0.25, 0.3) is 0 Å². The number of benzene rings is 1. The van der Waals surface area contributed by atoms with Crippen LogP contribution in [-0.4, -0.2) is 26.4 Å². The molecule has 142 valence electrons. The first-order valence-corrected chi connectivity index (χ1v) is 9.32. The van der Waals surface area contributed by atoms with E-state index in [1.807, 2.05) is 20.8 Å². The highest BCUT2D eigenvalue weighted by Gasteiger charge is 2.34. The Morgan fingerprint density at radius 2 is 1.84 bits per heavy atom. The number of rotatable bonds is 7. The van der Waals surface area contributed by atoms with Crippen LogP contribution in [-0.2, 0) is 21.0 Å². The third-order valence-electron chi connectivity index (χ3n) is 3.56. The molecule has 1 rings (SSSR count). The fourth-order valence-electron chi connectivity index (χ4n) is 1.80. The van der Waals surface area contributed by atoms with Crippen LogP contribution < -0.4 is 10.0 Å². The number of hydrogen-bond acceptors (Lipinski definition) is 3. The molecule has 0 saturated carbocycles. The van der Waals surface area contributed by atoms with Gasteiger partial charge in [0, 0.05) is 18.5 Å². The van der Waals surface area contributed by atoms with Crippen LogP contribution in [0, 0.1) is 0 Å². The number of halogens is 4. The summed E-state index contributed by atoms with van der Waals surface area (Å²) in [6.07, 6.45) is -4.22. The van der Waals surface area contributed by atoms with Gasteiger partial charge in [0.05, 0.1) is 15.5 Å². The molecule has 25 heavy (non-hydrogen) atoms. The topological polar surface area (TPSA) is 75.3 Å². The molecule has 10 heteroatoms. The molecule has 0 atom stereocenters. The maximum absolute atomic E-state index is 12.8. The lowest BCUT2D eigenvalue weighted by molar-refractivity contribution is -0.137. The predicted molar refractivity (Wildman–Crippen MR) is 88.8 cm³/mol. The molecule has 0 radical (unpaired) electrons. The van der Waals surface area contributed by atoms with E-state index in [0.717, 1.165) is 12.1 Å². The van der Waals surface area contributed by atoms with E-state index in [1.165, 1.54) is 0 Å². The average molecular weight is 401 g/mol. The molecule has 5 nitrogen and oxygen atoms in total. The zero-order valence-electron chi connectivity index (χ0n) is 14.0. The number of alkyl halides is 3. The van der Waals surface area contributed by atoms with Gasteiger partial charge >= 0.3 is 6.18 Å². The summed E-state index contributed by atoms with van der Waals surface area (Å²) in [5, 5.41) is 2.14. The first kappa shape index (κ1) is 21.7. The van der Waals surface area contributed by atoms with Gasteiger partial charge in [-0.25, -0.2) is 13.1 Å². The molecule has 0 spiro atoms. The lowest BCUT2D eigenvalue weighted by Crippen LogP contribution is -2.43. The van der Waals surface area contributed by atoms with E-state index in [2.05, 4.69) is 10.0 Å². The van der Waals surface area contributed by atoms with Gasteiger partial charge < -0.3 is 5.32 Å². The SMILES string of the molecule is CCC(C)(C)NC(=O)CCNS(=O)(=O)c1ccc(Cl)c(C(F)(F)F)c1. The summed E-state index contributed by atoms with van der Waals surface area (Å²) in [7, 11) is -4.19. The molecule has 0 unspecified atom stereocenters. The Bertz CT molecular complexity index is 734. The van der Waals surface area contributed by atoms with E-state index in [9.17, 15) is 26.4 Å². The van der Waals surface area contributed by atoms with Crippen molar-refractivity contribution >= 4 is 27.5 Å². The molecule has 2 N–H and O–H groups in total. The number of carbonyl (C=O) groups is 1. The summed E-state index contributed by atoms with van der Waals surface area (Å²) >= 11 is 5.46. The van der Waals surface area contributed by atoms with Crippen molar-refractivity contribution in [1.82, 2.24) is 10.0 Å². The Hall–Kier alpha value is -1.32. The molecular formula is C15H20ClF3N2O3S. The molecule has 0 saturated heterocycles. The third kappa shape index (κ3) is 6.48. The molecule has 0 aliphatic carbocycles. The van der Waals surface area contributed by atoms with Crippen LogP contribution in [0.15, 0.2) is 23.1 Å². The van der Waals surface area contributed by atoms with Crippen molar-refractivity contribution in [2.24, 2.45) is 0 Å². The summed E-state index contributed by atoms with van der Waals surface area (Å²) in [5.74, 6) is -0.360. The summed E-state index contributed by atoms with van der Waals surface area (Å²) in [6, 6.07) is 2.31. The molecule has 1 aromatic rings. The Labute approximate surface area is 150 Å². The Morgan fingerprint density at radius 1 is 1.24 bits per heavy atom. The van der Waals surface area contributed by atoms with Crippen LogP contribution in [0.3, 0.4) is 0 Å². The standard InChI is InChI=1S/C15H20ClF3N2O3S/c1-4-14(2,3)21-13(22)7-8-20-25(23,24)10-5-6-12(16)11(9-10)15(17,18)19/h5-6,9,20H,4,7-8H2,1-3H3,(H,21,22). The van der Waals surface area contributed by atoms with E-state index in [1.54, 1.807) is 0 Å². The van der Waals surface area contributed by atoms with Gasteiger partial charge in [-0.3, -0.25) is 4.79 Å². The molecule has 0 bridgehead atoms. The molecule has 0 aromatic heterocycles. The summed E-state index contributed by atoms with van der Waals surface area (Å²) in [5.41, 5.74) is -1.66. The minimum Gasteiger partial charge on any atom is -0.351 e. The fourth-order valence-corrected chi connectivity index (χ4v) is 3.08. The van der Waals surface area contributed by atoms with Crippen molar-refractivity contribution in [1.29, 1.82) is 0 Å². The van der Waals surface area contributed by atoms with Crippen LogP contribution in [0.1, 0.15) is 39.2 Å². The minimum absolute atomic E-state index is 0.137. The molecule has 1 amide bonds. The minimum atomic E-state index is -4.77. The largest absolute Gasteiger partial charge is 0.417 e. The summed E-state index contributed by atoms with van der Waals surface area (Å²) < 4.78 is 64.7. The van der Waals surface area contributed by atoms with Crippen LogP contribution >= 0.6 is 11.6 Å². The number of carbonyl (C=O) groups excluding carboxylic acids is 1. The first-order chi connectivity index (χ1) is 11.3. The van der Waals surface area contributed by atoms with Gasteiger partial charge in [0.15, 0.2) is 0 Å². The normalized spacial score (nSPS) is 12.9. The van der Waals surface area contributed by atoms with Crippen LogP contribution in [0.2, 0.25) is 5.02 Å². The van der Waals surface area contributed by atoms with Crippen molar-refractivity contribution in [3.63, 3.8) is 0 Å². The van der Waals surface area contributed by atoms with Crippen LogP contribution in [0.5, 0.6) is 0 Å². The van der Waals surface area contributed by atoms with E-state index in [0.29, 0.717) is 12.5 Å². The molecular weight excluding hydrogens is 381 g/mol. The Morgan fingerprint density at radius 3 is 2.36 bits per heavy atom. The number of amides is 1. The van der Waals surface area contributed by atoms with Crippen LogP contribution in [0.25, 0.3) is 0 Å². The zero-order chi connectivity index (χ0) is 19.5. The molecule has 0 fully saturated rings. The highest BCUT2D eigenvalue weighted by molar-refractivity contribution is 7.89. The summed E-state index contributed by atoms with van der Waals surface area (Å²) in [4.78, 5) is 11.2. The fraction of sp³-hybridized carbons (Fsp3) is 0.533. The van der Waals surface area contributed by atoms with Crippen molar-refractivity contribution in [2.45, 2.75) is 50.2 Å². The van der Waals surface area contributed by atoms with Crippen molar-refractivity contribution < 1.29 is 26.4 Å². The van der Waals surface area contributed by atoms with Gasteiger partial charge in [-0.05, 0) is 38.5 Å². The second-order valence-corrected chi connectivity index (χ2v) is 8.25. The predicted octanol–water partition coefficient (Wildman–Crippen LogP) is 3.33. The smallest absolute Gasteiger partial charge is 0.351 e. The van der Waals surface area contributed by atoms with Gasteiger partial charge in [0.2, 0.25) is 15.9 Å². The van der Waals surface area contributed by atoms with Crippen molar-refractivity contribution in [2.75, 3.05) is 6.54 Å². The monoisotopic (exact) mass is 400 g/mol. The highest BCUT2D eigenvalue weighted by Crippen LogP contribution is 2.35. The van der Waals surface area contributed by atoms with Gasteiger partial charge in [-0.1, -0.05) is 18.5 Å². The lowest BCUT2D eigenvalue weighted by Gasteiger charge is -2.24. The summed E-state index contributed by atoms with van der Waals surface area (Å²) in [6.45, 7) is 5.29. The van der Waals surface area contributed by atoms with Gasteiger partial charge in [0.1, 0.15) is 0 Å². The quantitative estimate of drug-likeness (QED) is 0.737. The lowest BCUT2D eigenvalue weighted by atomic mass is 10.0. The maximum Gasteiger partial charge on any atom is 0.417 e.